The third kappa shape index (κ3) is 3.70. The first kappa shape index (κ1) is 15.7. The van der Waals surface area contributed by atoms with E-state index < -0.39 is 11.2 Å². The van der Waals surface area contributed by atoms with Crippen LogP contribution in [-0.4, -0.2) is 29.0 Å². The molecule has 0 saturated carbocycles. The Morgan fingerprint density at radius 3 is 2.43 bits per heavy atom. The largest absolute Gasteiger partial charge is 0.445 e. The Labute approximate surface area is 123 Å². The maximum absolute atomic E-state index is 12.6. The van der Waals surface area contributed by atoms with Gasteiger partial charge in [0.1, 0.15) is 0 Å². The second kappa shape index (κ2) is 6.40. The Morgan fingerprint density at radius 1 is 1.24 bits per heavy atom. The SMILES string of the molecule is CN(c1nnc(C(F)(F)F)s1)C(CCO)c1ccccc1. The normalized spacial score (nSPS) is 13.2. The van der Waals surface area contributed by atoms with Crippen molar-refractivity contribution in [2.45, 2.75) is 18.6 Å². The molecule has 0 aliphatic carbocycles. The topological polar surface area (TPSA) is 49.2 Å². The van der Waals surface area contributed by atoms with Crippen LogP contribution in [0, 0.1) is 0 Å². The number of aliphatic hydroxyl groups excluding tert-OH is 1. The van der Waals surface area contributed by atoms with Crippen molar-refractivity contribution in [3.63, 3.8) is 0 Å². The van der Waals surface area contributed by atoms with Gasteiger partial charge in [-0.3, -0.25) is 0 Å². The number of alkyl halides is 3. The molecule has 0 saturated heterocycles. The average molecular weight is 317 g/mol. The van der Waals surface area contributed by atoms with Crippen molar-refractivity contribution in [2.75, 3.05) is 18.6 Å². The number of aliphatic hydroxyl groups is 1. The van der Waals surface area contributed by atoms with Crippen LogP contribution in [0.4, 0.5) is 18.3 Å². The van der Waals surface area contributed by atoms with Gasteiger partial charge in [-0.15, -0.1) is 10.2 Å². The Hall–Kier alpha value is -1.67. The molecule has 2 aromatic rings. The number of hydrogen-bond acceptors (Lipinski definition) is 5. The van der Waals surface area contributed by atoms with E-state index in [4.69, 9.17) is 0 Å². The molecule has 1 aromatic carbocycles. The van der Waals surface area contributed by atoms with Gasteiger partial charge in [-0.1, -0.05) is 41.7 Å². The number of hydrogen-bond donors (Lipinski definition) is 1. The number of anilines is 1. The summed E-state index contributed by atoms with van der Waals surface area (Å²) in [5, 5.41) is 15.2. The van der Waals surface area contributed by atoms with E-state index >= 15 is 0 Å². The second-order valence-corrected chi connectivity index (χ2v) is 5.39. The van der Waals surface area contributed by atoms with E-state index in [2.05, 4.69) is 10.2 Å². The Balaban J connectivity index is 2.26. The van der Waals surface area contributed by atoms with Crippen molar-refractivity contribution in [3.05, 3.63) is 40.9 Å². The Kier molecular flexibility index (Phi) is 4.79. The fraction of sp³-hybridized carbons (Fsp3) is 0.385. The fourth-order valence-electron chi connectivity index (χ4n) is 1.99. The van der Waals surface area contributed by atoms with Crippen molar-refractivity contribution in [1.29, 1.82) is 0 Å². The van der Waals surface area contributed by atoms with Crippen molar-refractivity contribution >= 4 is 16.5 Å². The van der Waals surface area contributed by atoms with E-state index in [1.54, 1.807) is 11.9 Å². The van der Waals surface area contributed by atoms with E-state index in [1.165, 1.54) is 0 Å². The van der Waals surface area contributed by atoms with E-state index in [0.29, 0.717) is 17.8 Å². The summed E-state index contributed by atoms with van der Waals surface area (Å²) in [5.74, 6) is 0. The molecule has 1 aromatic heterocycles. The minimum absolute atomic E-state index is 0.0746. The summed E-state index contributed by atoms with van der Waals surface area (Å²) in [6.07, 6.45) is -4.10. The van der Waals surface area contributed by atoms with Crippen LogP contribution in [-0.2, 0) is 6.18 Å². The highest BCUT2D eigenvalue weighted by Gasteiger charge is 2.36. The molecule has 21 heavy (non-hydrogen) atoms. The van der Waals surface area contributed by atoms with E-state index in [0.717, 1.165) is 5.56 Å². The molecule has 1 atom stereocenters. The minimum atomic E-state index is -4.49. The van der Waals surface area contributed by atoms with Crippen LogP contribution in [0.3, 0.4) is 0 Å². The summed E-state index contributed by atoms with van der Waals surface area (Å²) in [4.78, 5) is 1.61. The zero-order valence-electron chi connectivity index (χ0n) is 11.2. The Morgan fingerprint density at radius 2 is 1.90 bits per heavy atom. The zero-order valence-corrected chi connectivity index (χ0v) is 12.0. The lowest BCUT2D eigenvalue weighted by molar-refractivity contribution is -0.138. The second-order valence-electron chi connectivity index (χ2n) is 4.44. The van der Waals surface area contributed by atoms with Crippen LogP contribution < -0.4 is 4.90 Å². The molecule has 0 fully saturated rings. The number of benzene rings is 1. The predicted octanol–water partition coefficient (Wildman–Crippen LogP) is 3.12. The summed E-state index contributed by atoms with van der Waals surface area (Å²) in [6.45, 7) is -0.0746. The molecule has 0 spiro atoms. The van der Waals surface area contributed by atoms with Crippen LogP contribution in [0.25, 0.3) is 0 Å². The standard InChI is InChI=1S/C13H14F3N3OS/c1-19(12-18-17-11(21-12)13(14,15)16)10(7-8-20)9-5-3-2-4-6-9/h2-6,10,20H,7-8H2,1H3. The molecular weight excluding hydrogens is 303 g/mol. The van der Waals surface area contributed by atoms with Gasteiger partial charge < -0.3 is 10.0 Å². The van der Waals surface area contributed by atoms with Crippen LogP contribution in [0.2, 0.25) is 0 Å². The lowest BCUT2D eigenvalue weighted by Gasteiger charge is -2.27. The first-order valence-electron chi connectivity index (χ1n) is 6.23. The van der Waals surface area contributed by atoms with Crippen LogP contribution in [0.1, 0.15) is 23.0 Å². The maximum Gasteiger partial charge on any atom is 0.445 e. The first-order chi connectivity index (χ1) is 9.93. The van der Waals surface area contributed by atoms with Crippen LogP contribution >= 0.6 is 11.3 Å². The molecular formula is C13H14F3N3OS. The van der Waals surface area contributed by atoms with Gasteiger partial charge in [0.05, 0.1) is 6.04 Å². The van der Waals surface area contributed by atoms with Gasteiger partial charge in [-0.2, -0.15) is 13.2 Å². The van der Waals surface area contributed by atoms with Gasteiger partial charge in [-0.05, 0) is 12.0 Å². The molecule has 1 unspecified atom stereocenters. The summed E-state index contributed by atoms with van der Waals surface area (Å²) in [6, 6.07) is 9.01. The summed E-state index contributed by atoms with van der Waals surface area (Å²) in [7, 11) is 1.65. The van der Waals surface area contributed by atoms with Crippen molar-refractivity contribution in [2.24, 2.45) is 0 Å². The molecule has 0 amide bonds. The van der Waals surface area contributed by atoms with Crippen LogP contribution in [0.15, 0.2) is 30.3 Å². The molecule has 114 valence electrons. The zero-order chi connectivity index (χ0) is 15.5. The smallest absolute Gasteiger partial charge is 0.396 e. The van der Waals surface area contributed by atoms with Gasteiger partial charge in [0.25, 0.3) is 0 Å². The summed E-state index contributed by atoms with van der Waals surface area (Å²) >= 11 is 0.494. The van der Waals surface area contributed by atoms with Crippen LogP contribution in [0.5, 0.6) is 0 Å². The number of halogens is 3. The lowest BCUT2D eigenvalue weighted by atomic mass is 10.0. The monoisotopic (exact) mass is 317 g/mol. The Bertz CT molecular complexity index is 574. The molecule has 0 aliphatic rings. The van der Waals surface area contributed by atoms with Gasteiger partial charge in [0.2, 0.25) is 10.1 Å². The minimum Gasteiger partial charge on any atom is -0.396 e. The molecule has 1 heterocycles. The molecule has 0 bridgehead atoms. The third-order valence-corrected chi connectivity index (χ3v) is 4.07. The van der Waals surface area contributed by atoms with Crippen molar-refractivity contribution in [1.82, 2.24) is 10.2 Å². The van der Waals surface area contributed by atoms with Crippen molar-refractivity contribution in [3.8, 4) is 0 Å². The molecule has 4 nitrogen and oxygen atoms in total. The van der Waals surface area contributed by atoms with Gasteiger partial charge in [0, 0.05) is 13.7 Å². The van der Waals surface area contributed by atoms with E-state index in [1.807, 2.05) is 30.3 Å². The molecule has 8 heteroatoms. The third-order valence-electron chi connectivity index (χ3n) is 3.01. The quantitative estimate of drug-likeness (QED) is 0.920. The summed E-state index contributed by atoms with van der Waals surface area (Å²) < 4.78 is 37.8. The van der Waals surface area contributed by atoms with Crippen molar-refractivity contribution < 1.29 is 18.3 Å². The maximum atomic E-state index is 12.6. The number of rotatable bonds is 5. The molecule has 0 aliphatic heterocycles. The summed E-state index contributed by atoms with van der Waals surface area (Å²) in [5.41, 5.74) is 0.901. The highest BCUT2D eigenvalue weighted by molar-refractivity contribution is 7.15. The predicted molar refractivity (Wildman–Crippen MR) is 74.2 cm³/mol. The highest BCUT2D eigenvalue weighted by atomic mass is 32.1. The molecule has 1 N–H and O–H groups in total. The fourth-order valence-corrected chi connectivity index (χ4v) is 2.71. The molecule has 2 rings (SSSR count). The highest BCUT2D eigenvalue weighted by Crippen LogP contribution is 2.36. The van der Waals surface area contributed by atoms with E-state index in [-0.39, 0.29) is 17.8 Å². The lowest BCUT2D eigenvalue weighted by Crippen LogP contribution is -2.25. The van der Waals surface area contributed by atoms with Gasteiger partial charge >= 0.3 is 6.18 Å². The number of nitrogens with zero attached hydrogens (tertiary/aromatic N) is 3. The first-order valence-corrected chi connectivity index (χ1v) is 7.04. The van der Waals surface area contributed by atoms with Gasteiger partial charge in [-0.25, -0.2) is 0 Å². The average Bonchev–Trinajstić information content (AvgIpc) is 2.95. The van der Waals surface area contributed by atoms with E-state index in [9.17, 15) is 18.3 Å². The number of aromatic nitrogens is 2. The van der Waals surface area contributed by atoms with Gasteiger partial charge in [0.15, 0.2) is 0 Å². The molecule has 0 radical (unpaired) electrons.